The van der Waals surface area contributed by atoms with Gasteiger partial charge in [-0.2, -0.15) is 0 Å². The number of alkyl halides is 1. The fraction of sp³-hybridized carbons (Fsp3) is 0.235. The number of amides is 1. The Balaban J connectivity index is 1.67. The van der Waals surface area contributed by atoms with Gasteiger partial charge in [0.15, 0.2) is 0 Å². The molecule has 1 amide bonds. The number of benzene rings is 2. The first-order chi connectivity index (χ1) is 10.2. The van der Waals surface area contributed by atoms with Gasteiger partial charge in [0.2, 0.25) is 5.91 Å². The maximum Gasteiger partial charge on any atom is 0.228 e. The Bertz CT molecular complexity index is 742. The van der Waals surface area contributed by atoms with Crippen LogP contribution < -0.4 is 5.32 Å². The summed E-state index contributed by atoms with van der Waals surface area (Å²) in [5, 5.41) is 2.63. The summed E-state index contributed by atoms with van der Waals surface area (Å²) in [7, 11) is 0. The molecule has 0 aliphatic carbocycles. The van der Waals surface area contributed by atoms with Crippen LogP contribution in [0.5, 0.6) is 0 Å². The van der Waals surface area contributed by atoms with Gasteiger partial charge in [-0.25, -0.2) is 0 Å². The van der Waals surface area contributed by atoms with Crippen molar-refractivity contribution in [1.29, 1.82) is 0 Å². The van der Waals surface area contributed by atoms with E-state index in [9.17, 15) is 4.79 Å². The van der Waals surface area contributed by atoms with Gasteiger partial charge in [0.1, 0.15) is 0 Å². The van der Waals surface area contributed by atoms with Crippen molar-refractivity contribution in [2.24, 2.45) is 0 Å². The lowest BCUT2D eigenvalue weighted by atomic mass is 9.98. The minimum Gasteiger partial charge on any atom is -0.372 e. The van der Waals surface area contributed by atoms with Crippen molar-refractivity contribution < 1.29 is 9.53 Å². The number of carbonyl (C=O) groups is 1. The number of ether oxygens (including phenoxy) is 1. The highest BCUT2D eigenvalue weighted by Crippen LogP contribution is 2.34. The van der Waals surface area contributed by atoms with E-state index in [1.807, 2.05) is 18.2 Å². The van der Waals surface area contributed by atoms with Crippen LogP contribution in [0, 0.1) is 0 Å². The topological polar surface area (TPSA) is 38.3 Å². The van der Waals surface area contributed by atoms with E-state index in [1.54, 1.807) is 0 Å². The number of anilines is 1. The van der Waals surface area contributed by atoms with E-state index in [1.165, 1.54) is 11.1 Å². The number of fused-ring (bicyclic) bond motifs is 2. The third kappa shape index (κ3) is 2.23. The number of nitrogens with one attached hydrogen (secondary N) is 1. The van der Waals surface area contributed by atoms with Gasteiger partial charge in [0.25, 0.3) is 0 Å². The Hall–Kier alpha value is -1.84. The Morgan fingerprint density at radius 1 is 1.00 bits per heavy atom. The van der Waals surface area contributed by atoms with Crippen LogP contribution in [0.3, 0.4) is 0 Å². The molecule has 106 valence electrons. The summed E-state index contributed by atoms with van der Waals surface area (Å²) < 4.78 is 5.44. The lowest BCUT2D eigenvalue weighted by molar-refractivity contribution is -0.115. The normalized spacial score (nSPS) is 17.3. The molecule has 2 aromatic carbocycles. The van der Waals surface area contributed by atoms with Crippen LogP contribution in [-0.4, -0.2) is 5.91 Å². The van der Waals surface area contributed by atoms with Crippen molar-refractivity contribution in [1.82, 2.24) is 0 Å². The molecule has 0 fully saturated rings. The zero-order chi connectivity index (χ0) is 14.4. The number of halogens is 1. The second-order valence-corrected chi connectivity index (χ2v) is 5.96. The van der Waals surface area contributed by atoms with E-state index in [0.717, 1.165) is 22.4 Å². The highest BCUT2D eigenvalue weighted by atomic mass is 35.5. The van der Waals surface area contributed by atoms with Gasteiger partial charge in [0, 0.05) is 5.69 Å². The second-order valence-electron chi connectivity index (χ2n) is 5.53. The Kier molecular flexibility index (Phi) is 2.98. The molecule has 3 nitrogen and oxygen atoms in total. The highest BCUT2D eigenvalue weighted by Gasteiger charge is 2.21. The molecule has 1 unspecified atom stereocenters. The fourth-order valence-electron chi connectivity index (χ4n) is 2.95. The van der Waals surface area contributed by atoms with Crippen LogP contribution in [0.2, 0.25) is 0 Å². The zero-order valence-corrected chi connectivity index (χ0v) is 12.1. The van der Waals surface area contributed by atoms with E-state index < -0.39 is 0 Å². The molecule has 0 saturated carbocycles. The SMILES string of the molecule is O=C1Cc2cc(C(Cl)c3ccc4c(c3)COC4)ccc2N1. The molecule has 0 saturated heterocycles. The minimum atomic E-state index is -0.211. The smallest absolute Gasteiger partial charge is 0.228 e. The number of carbonyl (C=O) groups excluding carboxylic acids is 1. The van der Waals surface area contributed by atoms with Gasteiger partial charge in [-0.05, 0) is 33.9 Å². The first-order valence-electron chi connectivity index (χ1n) is 6.97. The monoisotopic (exact) mass is 299 g/mol. The molecular weight excluding hydrogens is 286 g/mol. The average molecular weight is 300 g/mol. The van der Waals surface area contributed by atoms with E-state index in [2.05, 4.69) is 23.5 Å². The van der Waals surface area contributed by atoms with Crippen molar-refractivity contribution in [3.05, 3.63) is 64.2 Å². The summed E-state index contributed by atoms with van der Waals surface area (Å²) in [6.07, 6.45) is 0.435. The molecule has 0 spiro atoms. The van der Waals surface area contributed by atoms with Crippen molar-refractivity contribution >= 4 is 23.2 Å². The number of hydrogen-bond acceptors (Lipinski definition) is 2. The molecule has 2 aliphatic rings. The first kappa shape index (κ1) is 12.9. The molecule has 4 heteroatoms. The third-order valence-corrected chi connectivity index (χ3v) is 4.59. The van der Waals surface area contributed by atoms with Crippen LogP contribution in [0.15, 0.2) is 36.4 Å². The molecule has 21 heavy (non-hydrogen) atoms. The van der Waals surface area contributed by atoms with Crippen molar-refractivity contribution in [2.45, 2.75) is 25.0 Å². The summed E-state index contributed by atoms with van der Waals surface area (Å²) >= 11 is 6.63. The summed E-state index contributed by atoms with van der Waals surface area (Å²) in [5.74, 6) is 0.0444. The molecule has 0 bridgehead atoms. The Morgan fingerprint density at radius 2 is 1.71 bits per heavy atom. The molecule has 0 radical (unpaired) electrons. The van der Waals surface area contributed by atoms with E-state index in [0.29, 0.717) is 19.6 Å². The predicted octanol–water partition coefficient (Wildman–Crippen LogP) is 3.54. The molecule has 1 N–H and O–H groups in total. The Morgan fingerprint density at radius 3 is 2.57 bits per heavy atom. The molecule has 2 aliphatic heterocycles. The maximum absolute atomic E-state index is 11.4. The first-order valence-corrected chi connectivity index (χ1v) is 7.40. The predicted molar refractivity (Wildman–Crippen MR) is 81.4 cm³/mol. The molecule has 1 atom stereocenters. The molecule has 0 aromatic heterocycles. The van der Waals surface area contributed by atoms with E-state index in [4.69, 9.17) is 16.3 Å². The highest BCUT2D eigenvalue weighted by molar-refractivity contribution is 6.22. The standard InChI is InChI=1S/C17H14ClNO2/c18-17(10-1-2-12-8-21-9-14(12)6-10)11-3-4-15-13(5-11)7-16(20)19-15/h1-6,17H,7-9H2,(H,19,20). The van der Waals surface area contributed by atoms with Crippen LogP contribution in [0.1, 0.15) is 33.2 Å². The summed E-state index contributed by atoms with van der Waals surface area (Å²) in [5.41, 5.74) is 6.47. The molecule has 2 heterocycles. The van der Waals surface area contributed by atoms with Crippen LogP contribution >= 0.6 is 11.6 Å². The minimum absolute atomic E-state index is 0.0444. The lowest BCUT2D eigenvalue weighted by Crippen LogP contribution is -2.03. The average Bonchev–Trinajstić information content (AvgIpc) is 3.09. The summed E-state index contributed by atoms with van der Waals surface area (Å²) in [6, 6.07) is 12.2. The number of hydrogen-bond donors (Lipinski definition) is 1. The van der Waals surface area contributed by atoms with Crippen molar-refractivity contribution in [3.8, 4) is 0 Å². The van der Waals surface area contributed by atoms with Crippen LogP contribution in [-0.2, 0) is 29.2 Å². The number of rotatable bonds is 2. The van der Waals surface area contributed by atoms with Gasteiger partial charge in [0.05, 0.1) is 25.0 Å². The van der Waals surface area contributed by atoms with E-state index >= 15 is 0 Å². The van der Waals surface area contributed by atoms with Crippen molar-refractivity contribution in [2.75, 3.05) is 5.32 Å². The van der Waals surface area contributed by atoms with Gasteiger partial charge in [-0.1, -0.05) is 30.3 Å². The van der Waals surface area contributed by atoms with Gasteiger partial charge in [-0.3, -0.25) is 4.79 Å². The molecular formula is C17H14ClNO2. The Labute approximate surface area is 127 Å². The molecule has 2 aromatic rings. The maximum atomic E-state index is 11.4. The van der Waals surface area contributed by atoms with E-state index in [-0.39, 0.29) is 11.3 Å². The lowest BCUT2D eigenvalue weighted by Gasteiger charge is -2.13. The second kappa shape index (κ2) is 4.86. The largest absolute Gasteiger partial charge is 0.372 e. The summed E-state index contributed by atoms with van der Waals surface area (Å²) in [4.78, 5) is 11.4. The van der Waals surface area contributed by atoms with Crippen LogP contribution in [0.4, 0.5) is 5.69 Å². The quantitative estimate of drug-likeness (QED) is 0.861. The van der Waals surface area contributed by atoms with Gasteiger partial charge < -0.3 is 10.1 Å². The fourth-order valence-corrected chi connectivity index (χ4v) is 3.22. The zero-order valence-electron chi connectivity index (χ0n) is 11.4. The summed E-state index contributed by atoms with van der Waals surface area (Å²) in [6.45, 7) is 1.35. The molecule has 4 rings (SSSR count). The van der Waals surface area contributed by atoms with Crippen molar-refractivity contribution in [3.63, 3.8) is 0 Å². The van der Waals surface area contributed by atoms with Gasteiger partial charge in [-0.15, -0.1) is 11.6 Å². The third-order valence-electron chi connectivity index (χ3n) is 4.09. The van der Waals surface area contributed by atoms with Gasteiger partial charge >= 0.3 is 0 Å². The van der Waals surface area contributed by atoms with Crippen LogP contribution in [0.25, 0.3) is 0 Å².